The van der Waals surface area contributed by atoms with Gasteiger partial charge in [0.15, 0.2) is 0 Å². The molecular formula is C9H18N2O2. The fourth-order valence-electron chi connectivity index (χ4n) is 1.58. The molecule has 1 aliphatic rings. The van der Waals surface area contributed by atoms with Crippen LogP contribution < -0.4 is 11.1 Å². The van der Waals surface area contributed by atoms with Gasteiger partial charge in [-0.1, -0.05) is 0 Å². The molecule has 1 fully saturated rings. The fraction of sp³-hybridized carbons (Fsp3) is 0.889. The van der Waals surface area contributed by atoms with E-state index in [2.05, 4.69) is 5.32 Å². The van der Waals surface area contributed by atoms with Crippen LogP contribution >= 0.6 is 0 Å². The summed E-state index contributed by atoms with van der Waals surface area (Å²) in [5.74, 6) is -0.0650. The van der Waals surface area contributed by atoms with Crippen molar-refractivity contribution in [1.82, 2.24) is 5.32 Å². The summed E-state index contributed by atoms with van der Waals surface area (Å²) in [5.41, 5.74) is 5.81. The molecule has 4 heteroatoms. The highest BCUT2D eigenvalue weighted by atomic mass is 16.5. The van der Waals surface area contributed by atoms with Gasteiger partial charge in [0.1, 0.15) is 6.10 Å². The lowest BCUT2D eigenvalue weighted by molar-refractivity contribution is -0.130. The Bertz CT molecular complexity index is 184. The Hall–Kier alpha value is -0.610. The molecule has 3 unspecified atom stereocenters. The van der Waals surface area contributed by atoms with Crippen LogP contribution in [0.15, 0.2) is 0 Å². The first kappa shape index (κ1) is 10.5. The number of hydrogen-bond acceptors (Lipinski definition) is 3. The average Bonchev–Trinajstić information content (AvgIpc) is 2.50. The number of amides is 1. The molecular weight excluding hydrogens is 168 g/mol. The number of nitrogens with two attached hydrogens (primary N) is 1. The van der Waals surface area contributed by atoms with Crippen LogP contribution in [0, 0.1) is 0 Å². The lowest BCUT2D eigenvalue weighted by atomic mass is 10.2. The fourth-order valence-corrected chi connectivity index (χ4v) is 1.58. The number of hydrogen-bond donors (Lipinski definition) is 2. The van der Waals surface area contributed by atoms with Gasteiger partial charge >= 0.3 is 0 Å². The summed E-state index contributed by atoms with van der Waals surface area (Å²) >= 11 is 0. The number of carbonyl (C=O) groups excluding carboxylic acids is 1. The highest BCUT2D eigenvalue weighted by Crippen LogP contribution is 2.17. The molecule has 1 amide bonds. The van der Waals surface area contributed by atoms with Crippen LogP contribution in [-0.4, -0.2) is 31.2 Å². The SMILES string of the molecule is COC(C)C(=O)NC1CCCC1N. The summed E-state index contributed by atoms with van der Waals surface area (Å²) in [7, 11) is 1.53. The molecule has 76 valence electrons. The minimum Gasteiger partial charge on any atom is -0.372 e. The van der Waals surface area contributed by atoms with E-state index >= 15 is 0 Å². The zero-order valence-corrected chi connectivity index (χ0v) is 8.25. The van der Waals surface area contributed by atoms with E-state index in [0.717, 1.165) is 19.3 Å². The summed E-state index contributed by atoms with van der Waals surface area (Å²) in [6.45, 7) is 1.73. The van der Waals surface area contributed by atoms with Gasteiger partial charge in [-0.2, -0.15) is 0 Å². The van der Waals surface area contributed by atoms with E-state index < -0.39 is 0 Å². The first-order valence-corrected chi connectivity index (χ1v) is 4.74. The predicted molar refractivity (Wildman–Crippen MR) is 50.2 cm³/mol. The van der Waals surface area contributed by atoms with E-state index in [4.69, 9.17) is 10.5 Å². The minimum atomic E-state index is -0.382. The van der Waals surface area contributed by atoms with Crippen molar-refractivity contribution < 1.29 is 9.53 Å². The van der Waals surface area contributed by atoms with E-state index in [0.29, 0.717) is 0 Å². The molecule has 0 saturated heterocycles. The summed E-state index contributed by atoms with van der Waals surface area (Å²) in [6, 6.07) is 0.262. The number of nitrogens with one attached hydrogen (secondary N) is 1. The maximum atomic E-state index is 11.4. The lowest BCUT2D eigenvalue weighted by Gasteiger charge is -2.19. The van der Waals surface area contributed by atoms with Gasteiger partial charge in [0, 0.05) is 19.2 Å². The molecule has 0 aromatic heterocycles. The predicted octanol–water partition coefficient (Wildman–Crippen LogP) is 0.0173. The summed E-state index contributed by atoms with van der Waals surface area (Å²) in [4.78, 5) is 11.4. The van der Waals surface area contributed by atoms with Gasteiger partial charge in [-0.05, 0) is 26.2 Å². The Morgan fingerprint density at radius 1 is 1.62 bits per heavy atom. The zero-order chi connectivity index (χ0) is 9.84. The summed E-state index contributed by atoms with van der Waals surface area (Å²) < 4.78 is 4.90. The summed E-state index contributed by atoms with van der Waals surface area (Å²) in [6.07, 6.45) is 2.72. The first-order chi connectivity index (χ1) is 6.15. The van der Waals surface area contributed by atoms with E-state index in [-0.39, 0.29) is 24.1 Å². The second-order valence-corrected chi connectivity index (χ2v) is 3.59. The molecule has 1 rings (SSSR count). The molecule has 0 heterocycles. The van der Waals surface area contributed by atoms with Crippen molar-refractivity contribution in [2.45, 2.75) is 44.4 Å². The smallest absolute Gasteiger partial charge is 0.249 e. The topological polar surface area (TPSA) is 64.3 Å². The van der Waals surface area contributed by atoms with Crippen molar-refractivity contribution in [1.29, 1.82) is 0 Å². The largest absolute Gasteiger partial charge is 0.372 e. The van der Waals surface area contributed by atoms with Gasteiger partial charge in [0.25, 0.3) is 0 Å². The zero-order valence-electron chi connectivity index (χ0n) is 8.25. The van der Waals surface area contributed by atoms with Crippen molar-refractivity contribution in [2.75, 3.05) is 7.11 Å². The molecule has 0 bridgehead atoms. The molecule has 0 spiro atoms. The molecule has 3 N–H and O–H groups in total. The van der Waals surface area contributed by atoms with Crippen molar-refractivity contribution in [2.24, 2.45) is 5.73 Å². The number of carbonyl (C=O) groups is 1. The molecule has 0 aliphatic heterocycles. The average molecular weight is 186 g/mol. The van der Waals surface area contributed by atoms with Gasteiger partial charge in [-0.15, -0.1) is 0 Å². The molecule has 0 aromatic carbocycles. The molecule has 4 nitrogen and oxygen atoms in total. The maximum absolute atomic E-state index is 11.4. The van der Waals surface area contributed by atoms with Crippen molar-refractivity contribution in [3.63, 3.8) is 0 Å². The quantitative estimate of drug-likeness (QED) is 0.653. The van der Waals surface area contributed by atoms with Crippen LogP contribution in [0.3, 0.4) is 0 Å². The Morgan fingerprint density at radius 3 is 2.77 bits per heavy atom. The monoisotopic (exact) mass is 186 g/mol. The third-order valence-electron chi connectivity index (χ3n) is 2.62. The number of methoxy groups -OCH3 is 1. The molecule has 0 aromatic rings. The van der Waals surface area contributed by atoms with Gasteiger partial charge in [0.05, 0.1) is 0 Å². The van der Waals surface area contributed by atoms with E-state index in [1.807, 2.05) is 0 Å². The lowest BCUT2D eigenvalue weighted by Crippen LogP contribution is -2.47. The second-order valence-electron chi connectivity index (χ2n) is 3.59. The number of rotatable bonds is 3. The Labute approximate surface area is 78.8 Å². The second kappa shape index (κ2) is 4.58. The van der Waals surface area contributed by atoms with Crippen LogP contribution in [0.1, 0.15) is 26.2 Å². The van der Waals surface area contributed by atoms with Crippen LogP contribution in [-0.2, 0) is 9.53 Å². The van der Waals surface area contributed by atoms with E-state index in [1.54, 1.807) is 6.92 Å². The Balaban J connectivity index is 2.35. The molecule has 13 heavy (non-hydrogen) atoms. The highest BCUT2D eigenvalue weighted by molar-refractivity contribution is 5.80. The van der Waals surface area contributed by atoms with E-state index in [9.17, 15) is 4.79 Å². The Morgan fingerprint density at radius 2 is 2.31 bits per heavy atom. The third-order valence-corrected chi connectivity index (χ3v) is 2.62. The van der Waals surface area contributed by atoms with Crippen LogP contribution in [0.5, 0.6) is 0 Å². The van der Waals surface area contributed by atoms with Crippen molar-refractivity contribution in [3.05, 3.63) is 0 Å². The van der Waals surface area contributed by atoms with Gasteiger partial charge < -0.3 is 15.8 Å². The molecule has 3 atom stereocenters. The Kier molecular flexibility index (Phi) is 3.69. The normalized spacial score (nSPS) is 30.1. The molecule has 1 aliphatic carbocycles. The van der Waals surface area contributed by atoms with Crippen LogP contribution in [0.4, 0.5) is 0 Å². The van der Waals surface area contributed by atoms with Gasteiger partial charge in [-0.25, -0.2) is 0 Å². The van der Waals surface area contributed by atoms with Crippen LogP contribution in [0.2, 0.25) is 0 Å². The van der Waals surface area contributed by atoms with Crippen LogP contribution in [0.25, 0.3) is 0 Å². The highest BCUT2D eigenvalue weighted by Gasteiger charge is 2.26. The molecule has 0 radical (unpaired) electrons. The molecule has 1 saturated carbocycles. The van der Waals surface area contributed by atoms with E-state index in [1.165, 1.54) is 7.11 Å². The number of ether oxygens (including phenoxy) is 1. The minimum absolute atomic E-state index is 0.0650. The first-order valence-electron chi connectivity index (χ1n) is 4.74. The standard InChI is InChI=1S/C9H18N2O2/c1-6(13-2)9(12)11-8-5-3-4-7(8)10/h6-8H,3-5,10H2,1-2H3,(H,11,12). The van der Waals surface area contributed by atoms with Crippen molar-refractivity contribution in [3.8, 4) is 0 Å². The maximum Gasteiger partial charge on any atom is 0.249 e. The van der Waals surface area contributed by atoms with Crippen molar-refractivity contribution >= 4 is 5.91 Å². The van der Waals surface area contributed by atoms with Gasteiger partial charge in [0.2, 0.25) is 5.91 Å². The third kappa shape index (κ3) is 2.67. The van der Waals surface area contributed by atoms with Gasteiger partial charge in [-0.3, -0.25) is 4.79 Å². The summed E-state index contributed by atoms with van der Waals surface area (Å²) in [5, 5.41) is 2.89.